The van der Waals surface area contributed by atoms with E-state index in [0.717, 1.165) is 4.68 Å². The van der Waals surface area contributed by atoms with Crippen molar-refractivity contribution in [2.75, 3.05) is 11.9 Å². The van der Waals surface area contributed by atoms with Gasteiger partial charge in [-0.25, -0.2) is 0 Å². The summed E-state index contributed by atoms with van der Waals surface area (Å²) in [4.78, 5) is 36.4. The summed E-state index contributed by atoms with van der Waals surface area (Å²) in [6, 6.07) is 12.3. The Kier molecular flexibility index (Phi) is 6.50. The van der Waals surface area contributed by atoms with Crippen LogP contribution in [0.3, 0.4) is 0 Å². The van der Waals surface area contributed by atoms with Crippen molar-refractivity contribution >= 4 is 40.2 Å². The second-order valence-corrected chi connectivity index (χ2v) is 6.74. The summed E-state index contributed by atoms with van der Waals surface area (Å²) in [6.45, 7) is -1.08. The molecule has 0 aliphatic rings. The Labute approximate surface area is 166 Å². The normalized spacial score (nSPS) is 10.9. The molecule has 0 bridgehead atoms. The first kappa shape index (κ1) is 20.4. The number of amides is 1. The lowest BCUT2D eigenvalue weighted by Crippen LogP contribution is -2.30. The Bertz CT molecular complexity index is 1090. The molecule has 2 aromatic carbocycles. The average Bonchev–Trinajstić information content (AvgIpc) is 2.70. The summed E-state index contributed by atoms with van der Waals surface area (Å²) in [7, 11) is 0. The van der Waals surface area contributed by atoms with Gasteiger partial charge in [0.15, 0.2) is 6.61 Å². The molecule has 0 radical (unpaired) electrons. The Morgan fingerprint density at radius 2 is 1.86 bits per heavy atom. The maximum absolute atomic E-state index is 12.3. The van der Waals surface area contributed by atoms with Gasteiger partial charge >= 0.3 is 5.97 Å². The zero-order chi connectivity index (χ0) is 20.8. The molecular weight excluding hydrogens is 406 g/mol. The molecule has 3 aromatic rings. The van der Waals surface area contributed by atoms with Crippen LogP contribution in [0.15, 0.2) is 58.2 Å². The molecule has 0 unspecified atom stereocenters. The topological polar surface area (TPSA) is 103 Å². The average molecular weight is 420 g/mol. The highest BCUT2D eigenvalue weighted by Gasteiger charge is 2.13. The van der Waals surface area contributed by atoms with E-state index in [1.54, 1.807) is 24.3 Å². The number of nitrogens with zero attached hydrogens (tertiary/aromatic N) is 3. The first-order chi connectivity index (χ1) is 13.9. The number of anilines is 1. The molecular formula is C18H14F2N4O4S. The number of nitrogens with one attached hydrogen (secondary N) is 1. The molecule has 0 aliphatic carbocycles. The van der Waals surface area contributed by atoms with E-state index in [2.05, 4.69) is 15.6 Å². The summed E-state index contributed by atoms with van der Waals surface area (Å²) in [5.74, 6) is -3.99. The minimum Gasteiger partial charge on any atom is -0.454 e. The number of benzene rings is 2. The Balaban J connectivity index is 1.52. The number of fused-ring (bicyclic) bond motifs is 1. The fourth-order valence-corrected chi connectivity index (χ4v) is 2.86. The van der Waals surface area contributed by atoms with Crippen LogP contribution in [-0.4, -0.2) is 39.2 Å². The van der Waals surface area contributed by atoms with Crippen LogP contribution in [0, 0.1) is 0 Å². The van der Waals surface area contributed by atoms with Crippen LogP contribution in [0.4, 0.5) is 14.5 Å². The molecule has 0 saturated carbocycles. The summed E-state index contributed by atoms with van der Waals surface area (Å²) >= 11 is 0.389. The van der Waals surface area contributed by atoms with Crippen molar-refractivity contribution in [2.24, 2.45) is 0 Å². The number of ether oxygens (including phenoxy) is 1. The standard InChI is InChI=1S/C18H14F2N4O4S/c19-18(20)29-12-7-5-11(6-8-12)21-15(25)10-28-16(26)9-24-17(27)13-3-1-2-4-14(13)22-23-24/h1-8,18H,9-10H2,(H,21,25). The molecule has 0 saturated heterocycles. The molecule has 3 rings (SSSR count). The second-order valence-electron chi connectivity index (χ2n) is 5.68. The lowest BCUT2D eigenvalue weighted by Gasteiger charge is -2.08. The van der Waals surface area contributed by atoms with E-state index in [4.69, 9.17) is 4.74 Å². The largest absolute Gasteiger partial charge is 0.454 e. The molecule has 1 aromatic heterocycles. The Morgan fingerprint density at radius 1 is 1.14 bits per heavy atom. The van der Waals surface area contributed by atoms with E-state index in [1.807, 2.05) is 0 Å². The third kappa shape index (κ3) is 5.57. The van der Waals surface area contributed by atoms with Crippen LogP contribution in [0.25, 0.3) is 10.9 Å². The van der Waals surface area contributed by atoms with Crippen molar-refractivity contribution in [3.05, 3.63) is 58.9 Å². The number of rotatable bonds is 7. The highest BCUT2D eigenvalue weighted by atomic mass is 32.2. The summed E-state index contributed by atoms with van der Waals surface area (Å²) in [5.41, 5.74) is 0.263. The number of halogens is 2. The van der Waals surface area contributed by atoms with Crippen molar-refractivity contribution in [1.82, 2.24) is 15.0 Å². The SMILES string of the molecule is O=C(COC(=O)Cn1nnc2ccccc2c1=O)Nc1ccc(SC(F)F)cc1. The molecule has 11 heteroatoms. The Hall–Kier alpha value is -3.34. The number of aromatic nitrogens is 3. The molecule has 1 N–H and O–H groups in total. The predicted octanol–water partition coefficient (Wildman–Crippen LogP) is 2.29. The second kappa shape index (κ2) is 9.24. The van der Waals surface area contributed by atoms with Crippen molar-refractivity contribution in [3.63, 3.8) is 0 Å². The molecule has 1 heterocycles. The number of carbonyl (C=O) groups is 2. The molecule has 0 aliphatic heterocycles. The maximum atomic E-state index is 12.3. The van der Waals surface area contributed by atoms with Crippen LogP contribution in [0.5, 0.6) is 0 Å². The lowest BCUT2D eigenvalue weighted by molar-refractivity contribution is -0.148. The van der Waals surface area contributed by atoms with E-state index in [0.29, 0.717) is 33.2 Å². The zero-order valence-electron chi connectivity index (χ0n) is 14.7. The highest BCUT2D eigenvalue weighted by molar-refractivity contribution is 7.99. The van der Waals surface area contributed by atoms with E-state index in [1.165, 1.54) is 24.3 Å². The van der Waals surface area contributed by atoms with Crippen LogP contribution in [0.1, 0.15) is 0 Å². The number of esters is 1. The van der Waals surface area contributed by atoms with Crippen LogP contribution in [0.2, 0.25) is 0 Å². The van der Waals surface area contributed by atoms with Gasteiger partial charge < -0.3 is 10.1 Å². The van der Waals surface area contributed by atoms with Crippen LogP contribution >= 0.6 is 11.8 Å². The zero-order valence-corrected chi connectivity index (χ0v) is 15.6. The molecule has 29 heavy (non-hydrogen) atoms. The van der Waals surface area contributed by atoms with Crippen molar-refractivity contribution < 1.29 is 23.1 Å². The fourth-order valence-electron chi connectivity index (χ4n) is 2.36. The van der Waals surface area contributed by atoms with Gasteiger partial charge in [0.05, 0.1) is 5.39 Å². The number of hydrogen-bond donors (Lipinski definition) is 1. The van der Waals surface area contributed by atoms with Gasteiger partial charge in [-0.05, 0) is 36.4 Å². The van der Waals surface area contributed by atoms with Gasteiger partial charge in [-0.2, -0.15) is 13.5 Å². The molecule has 0 spiro atoms. The van der Waals surface area contributed by atoms with Gasteiger partial charge in [0.25, 0.3) is 17.2 Å². The van der Waals surface area contributed by atoms with Gasteiger partial charge in [-0.1, -0.05) is 29.1 Å². The molecule has 1 amide bonds. The highest BCUT2D eigenvalue weighted by Crippen LogP contribution is 2.26. The van der Waals surface area contributed by atoms with Gasteiger partial charge in [0.2, 0.25) is 0 Å². The van der Waals surface area contributed by atoms with Gasteiger partial charge in [0.1, 0.15) is 12.1 Å². The summed E-state index contributed by atoms with van der Waals surface area (Å²) in [6.07, 6.45) is 0. The summed E-state index contributed by atoms with van der Waals surface area (Å²) in [5, 5.41) is 10.3. The third-order valence-electron chi connectivity index (χ3n) is 3.64. The first-order valence-electron chi connectivity index (χ1n) is 8.25. The van der Waals surface area contributed by atoms with Crippen molar-refractivity contribution in [1.29, 1.82) is 0 Å². The number of hydrogen-bond acceptors (Lipinski definition) is 7. The van der Waals surface area contributed by atoms with E-state index in [9.17, 15) is 23.2 Å². The van der Waals surface area contributed by atoms with Gasteiger partial charge in [-0.3, -0.25) is 14.4 Å². The first-order valence-corrected chi connectivity index (χ1v) is 9.13. The minimum atomic E-state index is -2.53. The molecule has 150 valence electrons. The third-order valence-corrected chi connectivity index (χ3v) is 4.36. The predicted molar refractivity (Wildman–Crippen MR) is 102 cm³/mol. The van der Waals surface area contributed by atoms with Crippen LogP contribution < -0.4 is 10.9 Å². The fraction of sp³-hybridized carbons (Fsp3) is 0.167. The number of carbonyl (C=O) groups excluding carboxylic acids is 2. The lowest BCUT2D eigenvalue weighted by atomic mass is 10.2. The quantitative estimate of drug-likeness (QED) is 0.462. The van der Waals surface area contributed by atoms with Crippen molar-refractivity contribution in [2.45, 2.75) is 17.2 Å². The van der Waals surface area contributed by atoms with E-state index >= 15 is 0 Å². The maximum Gasteiger partial charge on any atom is 0.328 e. The monoisotopic (exact) mass is 420 g/mol. The molecule has 0 fully saturated rings. The summed E-state index contributed by atoms with van der Waals surface area (Å²) < 4.78 is 30.3. The van der Waals surface area contributed by atoms with E-state index < -0.39 is 36.3 Å². The molecule has 0 atom stereocenters. The Morgan fingerprint density at radius 3 is 2.59 bits per heavy atom. The van der Waals surface area contributed by atoms with E-state index in [-0.39, 0.29) is 0 Å². The van der Waals surface area contributed by atoms with Crippen molar-refractivity contribution in [3.8, 4) is 0 Å². The minimum absolute atomic E-state index is 0.307. The van der Waals surface area contributed by atoms with Gasteiger partial charge in [-0.15, -0.1) is 5.10 Å². The van der Waals surface area contributed by atoms with Crippen LogP contribution in [-0.2, 0) is 20.9 Å². The smallest absolute Gasteiger partial charge is 0.328 e. The molecule has 8 nitrogen and oxygen atoms in total. The number of thioether (sulfide) groups is 1. The number of alkyl halides is 2. The van der Waals surface area contributed by atoms with Gasteiger partial charge in [0, 0.05) is 10.6 Å².